The van der Waals surface area contributed by atoms with Crippen molar-refractivity contribution in [3.63, 3.8) is 0 Å². The average molecular weight is 441 g/mol. The zero-order valence-electron chi connectivity index (χ0n) is 17.9. The van der Waals surface area contributed by atoms with Crippen LogP contribution in [0.3, 0.4) is 0 Å². The van der Waals surface area contributed by atoms with Crippen LogP contribution in [0.15, 0.2) is 52.0 Å². The van der Waals surface area contributed by atoms with E-state index in [2.05, 4.69) is 50.9 Å². The summed E-state index contributed by atoms with van der Waals surface area (Å²) in [7, 11) is 0. The van der Waals surface area contributed by atoms with Crippen LogP contribution in [0, 0.1) is 5.92 Å². The number of pyridine rings is 1. The number of rotatable bonds is 8. The number of nitrogens with zero attached hydrogens (tertiary/aromatic N) is 3. The van der Waals surface area contributed by atoms with Crippen LogP contribution in [0.25, 0.3) is 0 Å². The average Bonchev–Trinajstić information content (AvgIpc) is 2.77. The molecule has 0 aliphatic carbocycles. The van der Waals surface area contributed by atoms with Crippen LogP contribution in [0.5, 0.6) is 0 Å². The number of benzene rings is 1. The number of hydrogen-bond acceptors (Lipinski definition) is 9. The lowest BCUT2D eigenvalue weighted by atomic mass is 10.0. The molecular weight excluding hydrogens is 408 g/mol. The maximum absolute atomic E-state index is 6.11. The Hall–Kier alpha value is -2.75. The monoisotopic (exact) mass is 440 g/mol. The molecule has 3 rings (SSSR count). The van der Waals surface area contributed by atoms with Crippen LogP contribution >= 0.6 is 11.9 Å². The maximum atomic E-state index is 6.11. The van der Waals surface area contributed by atoms with Crippen LogP contribution in [-0.2, 0) is 13.0 Å². The summed E-state index contributed by atoms with van der Waals surface area (Å²) in [4.78, 5) is 9.89. The molecule has 1 fully saturated rings. The molecule has 9 N–H and O–H groups in total. The standard InChI is InChI=1S/C22H32N8S/c1-15-5-7-30(8-6-15)31-19-4-2-3-16(10-19)13-27-14-17(12-23)9-18-11-20(24)28-22(29-26)21(18)25/h2-4,10-12,14-15H,5-9,13,23,25-26H2,1H3,(H3,24,28,29). The minimum atomic E-state index is 0.336. The molecule has 166 valence electrons. The highest BCUT2D eigenvalue weighted by molar-refractivity contribution is 7.97. The molecule has 0 atom stereocenters. The smallest absolute Gasteiger partial charge is 0.165 e. The van der Waals surface area contributed by atoms with Gasteiger partial charge >= 0.3 is 0 Å². The summed E-state index contributed by atoms with van der Waals surface area (Å²) in [6.07, 6.45) is 6.32. The molecular formula is C22H32N8S. The Bertz CT molecular complexity index is 935. The van der Waals surface area contributed by atoms with Crippen LogP contribution < -0.4 is 28.5 Å². The zero-order valence-corrected chi connectivity index (χ0v) is 18.7. The van der Waals surface area contributed by atoms with Gasteiger partial charge in [-0.2, -0.15) is 0 Å². The number of aliphatic imine (C=N–C) groups is 1. The zero-order chi connectivity index (χ0) is 22.2. The van der Waals surface area contributed by atoms with E-state index >= 15 is 0 Å². The third-order valence-corrected chi connectivity index (χ3v) is 6.40. The minimum Gasteiger partial charge on any atom is -0.404 e. The summed E-state index contributed by atoms with van der Waals surface area (Å²) >= 11 is 1.84. The third kappa shape index (κ3) is 6.61. The molecule has 0 unspecified atom stereocenters. The van der Waals surface area contributed by atoms with Gasteiger partial charge in [-0.25, -0.2) is 15.1 Å². The first-order valence-electron chi connectivity index (χ1n) is 10.4. The fourth-order valence-corrected chi connectivity index (χ4v) is 4.48. The van der Waals surface area contributed by atoms with Gasteiger partial charge in [0.1, 0.15) is 5.82 Å². The van der Waals surface area contributed by atoms with Crippen molar-refractivity contribution in [2.24, 2.45) is 22.5 Å². The van der Waals surface area contributed by atoms with Gasteiger partial charge in [-0.1, -0.05) is 19.1 Å². The molecule has 1 aromatic carbocycles. The summed E-state index contributed by atoms with van der Waals surface area (Å²) in [5, 5.41) is 0. The highest BCUT2D eigenvalue weighted by atomic mass is 32.2. The molecule has 0 bridgehead atoms. The maximum Gasteiger partial charge on any atom is 0.165 e. The largest absolute Gasteiger partial charge is 0.404 e. The Labute approximate surface area is 188 Å². The van der Waals surface area contributed by atoms with Crippen molar-refractivity contribution in [1.29, 1.82) is 0 Å². The molecule has 0 spiro atoms. The number of anilines is 3. The first-order chi connectivity index (χ1) is 15.0. The summed E-state index contributed by atoms with van der Waals surface area (Å²) in [5.41, 5.74) is 23.4. The van der Waals surface area contributed by atoms with Crippen molar-refractivity contribution in [3.05, 3.63) is 53.2 Å². The van der Waals surface area contributed by atoms with Crippen molar-refractivity contribution < 1.29 is 0 Å². The predicted molar refractivity (Wildman–Crippen MR) is 131 cm³/mol. The number of aromatic nitrogens is 1. The first-order valence-corrected chi connectivity index (χ1v) is 11.2. The van der Waals surface area contributed by atoms with Crippen molar-refractivity contribution in [1.82, 2.24) is 9.29 Å². The molecule has 0 saturated carbocycles. The SMILES string of the molecule is CC1CCN(Sc2cccc(CN=CC(=CN)Cc3cc(N)nc(NN)c3N)c2)CC1. The van der Waals surface area contributed by atoms with Gasteiger partial charge in [0, 0.05) is 30.6 Å². The van der Waals surface area contributed by atoms with Crippen molar-refractivity contribution in [2.45, 2.75) is 37.6 Å². The van der Waals surface area contributed by atoms with E-state index in [1.165, 1.54) is 23.9 Å². The van der Waals surface area contributed by atoms with E-state index in [9.17, 15) is 0 Å². The topological polar surface area (TPSA) is 145 Å². The molecule has 1 aliphatic rings. The molecule has 2 aromatic rings. The fraction of sp³-hybridized carbons (Fsp3) is 0.364. The second kappa shape index (κ2) is 11.0. The summed E-state index contributed by atoms with van der Waals surface area (Å²) < 4.78 is 2.45. The quantitative estimate of drug-likeness (QED) is 0.182. The number of allylic oxidation sites excluding steroid dienone is 1. The number of nitrogens with two attached hydrogens (primary N) is 4. The van der Waals surface area contributed by atoms with E-state index in [0.29, 0.717) is 30.3 Å². The van der Waals surface area contributed by atoms with Crippen molar-refractivity contribution in [2.75, 3.05) is 30.0 Å². The highest BCUT2D eigenvalue weighted by Gasteiger charge is 2.16. The molecule has 0 amide bonds. The molecule has 1 aromatic heterocycles. The van der Waals surface area contributed by atoms with Crippen molar-refractivity contribution in [3.8, 4) is 0 Å². The minimum absolute atomic E-state index is 0.336. The van der Waals surface area contributed by atoms with E-state index in [1.807, 2.05) is 11.9 Å². The third-order valence-electron chi connectivity index (χ3n) is 5.32. The van der Waals surface area contributed by atoms with Gasteiger partial charge in [-0.15, -0.1) is 0 Å². The van der Waals surface area contributed by atoms with E-state index < -0.39 is 0 Å². The Morgan fingerprint density at radius 2 is 2.06 bits per heavy atom. The van der Waals surface area contributed by atoms with Crippen LogP contribution in [0.1, 0.15) is 30.9 Å². The normalized spacial score (nSPS) is 16.1. The van der Waals surface area contributed by atoms with E-state index in [0.717, 1.165) is 35.7 Å². The highest BCUT2D eigenvalue weighted by Crippen LogP contribution is 2.29. The molecule has 0 radical (unpaired) electrons. The molecule has 8 nitrogen and oxygen atoms in total. The first kappa shape index (κ1) is 22.9. The van der Waals surface area contributed by atoms with Crippen molar-refractivity contribution >= 4 is 35.5 Å². The van der Waals surface area contributed by atoms with Crippen LogP contribution in [0.4, 0.5) is 17.3 Å². The number of piperidine rings is 1. The Morgan fingerprint density at radius 3 is 2.77 bits per heavy atom. The predicted octanol–water partition coefficient (Wildman–Crippen LogP) is 2.93. The second-order valence-electron chi connectivity index (χ2n) is 7.85. The summed E-state index contributed by atoms with van der Waals surface area (Å²) in [6, 6.07) is 10.2. The molecule has 9 heteroatoms. The Kier molecular flexibility index (Phi) is 8.16. The Balaban J connectivity index is 1.60. The summed E-state index contributed by atoms with van der Waals surface area (Å²) in [6.45, 7) is 5.19. The lowest BCUT2D eigenvalue weighted by Gasteiger charge is -2.29. The van der Waals surface area contributed by atoms with E-state index in [4.69, 9.17) is 23.0 Å². The number of hydrogen-bond donors (Lipinski definition) is 5. The van der Waals surface area contributed by atoms with Gasteiger partial charge < -0.3 is 22.6 Å². The number of nitrogens with one attached hydrogen (secondary N) is 1. The van der Waals surface area contributed by atoms with Gasteiger partial charge in [-0.3, -0.25) is 4.99 Å². The molecule has 31 heavy (non-hydrogen) atoms. The van der Waals surface area contributed by atoms with Gasteiger partial charge in [-0.05, 0) is 71.8 Å². The van der Waals surface area contributed by atoms with E-state index in [1.54, 1.807) is 12.3 Å². The van der Waals surface area contributed by atoms with Gasteiger partial charge in [0.2, 0.25) is 0 Å². The summed E-state index contributed by atoms with van der Waals surface area (Å²) in [5.74, 6) is 6.97. The number of hydrazine groups is 1. The van der Waals surface area contributed by atoms with Gasteiger partial charge in [0.25, 0.3) is 0 Å². The van der Waals surface area contributed by atoms with Gasteiger partial charge in [0.15, 0.2) is 5.82 Å². The number of nitrogen functional groups attached to an aromatic ring is 3. The molecule has 1 aliphatic heterocycles. The second-order valence-corrected chi connectivity index (χ2v) is 9.02. The van der Waals surface area contributed by atoms with E-state index in [-0.39, 0.29) is 0 Å². The Morgan fingerprint density at radius 1 is 1.29 bits per heavy atom. The lowest BCUT2D eigenvalue weighted by Crippen LogP contribution is -2.27. The fourth-order valence-electron chi connectivity index (χ4n) is 3.45. The molecule has 1 saturated heterocycles. The van der Waals surface area contributed by atoms with Crippen LogP contribution in [0.2, 0.25) is 0 Å². The van der Waals surface area contributed by atoms with Crippen LogP contribution in [-0.4, -0.2) is 28.6 Å². The van der Waals surface area contributed by atoms with Gasteiger partial charge in [0.05, 0.1) is 12.2 Å². The lowest BCUT2D eigenvalue weighted by molar-refractivity contribution is 0.308. The molecule has 2 heterocycles.